The fourth-order valence-electron chi connectivity index (χ4n) is 4.78. The zero-order chi connectivity index (χ0) is 27.5. The average Bonchev–Trinajstić information content (AvgIpc) is 3.02. The van der Waals surface area contributed by atoms with Crippen LogP contribution in [0.2, 0.25) is 0 Å². The van der Waals surface area contributed by atoms with Gasteiger partial charge in [0.15, 0.2) is 5.82 Å². The lowest BCUT2D eigenvalue weighted by Crippen LogP contribution is -2.17. The molecule has 0 radical (unpaired) electrons. The third kappa shape index (κ3) is 5.02. The maximum absolute atomic E-state index is 15.7. The number of hydrogen-bond donors (Lipinski definition) is 0. The van der Waals surface area contributed by atoms with Gasteiger partial charge < -0.3 is 0 Å². The molecule has 0 bridgehead atoms. The monoisotopic (exact) mass is 525 g/mol. The molecule has 0 saturated carbocycles. The molecule has 0 unspecified atom stereocenters. The molecular weight excluding hydrogens is 500 g/mol. The maximum atomic E-state index is 15.7. The summed E-state index contributed by atoms with van der Waals surface area (Å²) < 4.78 is 31.5. The van der Waals surface area contributed by atoms with E-state index in [0.717, 1.165) is 33.8 Å². The van der Waals surface area contributed by atoms with E-state index in [1.807, 2.05) is 84.9 Å². The van der Waals surface area contributed by atoms with Crippen LogP contribution < -0.4 is 0 Å². The summed E-state index contributed by atoms with van der Waals surface area (Å²) in [4.78, 5) is 14.0. The Morgan fingerprint density at radius 2 is 1.07 bits per heavy atom. The molecule has 0 saturated heterocycles. The van der Waals surface area contributed by atoms with Crippen LogP contribution in [0.15, 0.2) is 134 Å². The third-order valence-electron chi connectivity index (χ3n) is 6.90. The number of pyridine rings is 1. The molecule has 6 aromatic rings. The van der Waals surface area contributed by atoms with Crippen molar-refractivity contribution in [2.75, 3.05) is 0 Å². The van der Waals surface area contributed by atoms with Gasteiger partial charge in [0.2, 0.25) is 0 Å². The SMILES string of the molecule is Cc1cc(-c2nc(-c3ccccc3)cc(-c3ccccc3)n2)ccc1C(F)(F)c1ccc(-c2ccccn2)cc1. The predicted octanol–water partition coefficient (Wildman–Crippen LogP) is 8.99. The van der Waals surface area contributed by atoms with Gasteiger partial charge in [-0.15, -0.1) is 0 Å². The number of halogens is 2. The van der Waals surface area contributed by atoms with Gasteiger partial charge >= 0.3 is 0 Å². The first-order valence-corrected chi connectivity index (χ1v) is 13.0. The molecule has 2 heterocycles. The number of rotatable bonds is 6. The normalized spacial score (nSPS) is 11.4. The Morgan fingerprint density at radius 3 is 1.62 bits per heavy atom. The van der Waals surface area contributed by atoms with Crippen molar-refractivity contribution >= 4 is 0 Å². The van der Waals surface area contributed by atoms with Crippen LogP contribution in [0.5, 0.6) is 0 Å². The van der Waals surface area contributed by atoms with Crippen molar-refractivity contribution in [2.24, 2.45) is 0 Å². The van der Waals surface area contributed by atoms with Crippen molar-refractivity contribution < 1.29 is 8.78 Å². The van der Waals surface area contributed by atoms with Crippen molar-refractivity contribution in [1.82, 2.24) is 15.0 Å². The molecule has 40 heavy (non-hydrogen) atoms. The molecular formula is C35H25F2N3. The highest BCUT2D eigenvalue weighted by molar-refractivity contribution is 5.72. The van der Waals surface area contributed by atoms with E-state index in [-0.39, 0.29) is 11.1 Å². The predicted molar refractivity (Wildman–Crippen MR) is 156 cm³/mol. The van der Waals surface area contributed by atoms with Crippen molar-refractivity contribution in [2.45, 2.75) is 12.8 Å². The summed E-state index contributed by atoms with van der Waals surface area (Å²) in [5.74, 6) is -2.69. The summed E-state index contributed by atoms with van der Waals surface area (Å²) in [6.45, 7) is 1.70. The van der Waals surface area contributed by atoms with Gasteiger partial charge in [0.1, 0.15) is 0 Å². The molecule has 0 atom stereocenters. The largest absolute Gasteiger partial charge is 0.298 e. The number of aromatic nitrogens is 3. The van der Waals surface area contributed by atoms with Crippen LogP contribution in [-0.2, 0) is 5.92 Å². The van der Waals surface area contributed by atoms with Crippen LogP contribution in [0.3, 0.4) is 0 Å². The highest BCUT2D eigenvalue weighted by Gasteiger charge is 2.35. The second-order valence-electron chi connectivity index (χ2n) is 9.59. The van der Waals surface area contributed by atoms with E-state index in [0.29, 0.717) is 17.0 Å². The molecule has 0 amide bonds. The highest BCUT2D eigenvalue weighted by Crippen LogP contribution is 2.39. The number of nitrogens with zero attached hydrogens (tertiary/aromatic N) is 3. The number of alkyl halides is 2. The van der Waals surface area contributed by atoms with Crippen LogP contribution in [0.4, 0.5) is 8.78 Å². The van der Waals surface area contributed by atoms with Gasteiger partial charge in [-0.1, -0.05) is 103 Å². The number of hydrogen-bond acceptors (Lipinski definition) is 3. The zero-order valence-electron chi connectivity index (χ0n) is 21.8. The summed E-state index contributed by atoms with van der Waals surface area (Å²) in [5, 5.41) is 0. The molecule has 4 aromatic carbocycles. The third-order valence-corrected chi connectivity index (χ3v) is 6.90. The Hall–Kier alpha value is -5.03. The first-order chi connectivity index (χ1) is 19.5. The quantitative estimate of drug-likeness (QED) is 0.218. The van der Waals surface area contributed by atoms with Gasteiger partial charge in [0.25, 0.3) is 5.92 Å². The number of aryl methyl sites for hydroxylation is 1. The van der Waals surface area contributed by atoms with Crippen LogP contribution in [0, 0.1) is 6.92 Å². The van der Waals surface area contributed by atoms with Crippen LogP contribution in [0.25, 0.3) is 45.2 Å². The molecule has 0 aliphatic carbocycles. The fourth-order valence-corrected chi connectivity index (χ4v) is 4.78. The van der Waals surface area contributed by atoms with Crippen molar-refractivity contribution in [3.8, 4) is 45.2 Å². The topological polar surface area (TPSA) is 38.7 Å². The Kier molecular flexibility index (Phi) is 6.71. The minimum absolute atomic E-state index is 0.0515. The summed E-state index contributed by atoms with van der Waals surface area (Å²) >= 11 is 0. The maximum Gasteiger partial charge on any atom is 0.298 e. The Bertz CT molecular complexity index is 1700. The highest BCUT2D eigenvalue weighted by atomic mass is 19.3. The lowest BCUT2D eigenvalue weighted by atomic mass is 9.94. The van der Waals surface area contributed by atoms with E-state index in [1.54, 1.807) is 37.4 Å². The molecule has 6 rings (SSSR count). The molecule has 0 spiro atoms. The first-order valence-electron chi connectivity index (χ1n) is 13.0. The van der Waals surface area contributed by atoms with Gasteiger partial charge in [-0.25, -0.2) is 9.97 Å². The second kappa shape index (κ2) is 10.6. The Labute approximate surface area is 231 Å². The van der Waals surface area contributed by atoms with Crippen molar-refractivity contribution in [3.05, 3.63) is 150 Å². The van der Waals surface area contributed by atoms with E-state index in [4.69, 9.17) is 9.97 Å². The van der Waals surface area contributed by atoms with Gasteiger partial charge in [-0.3, -0.25) is 4.98 Å². The first kappa shape index (κ1) is 25.3. The summed E-state index contributed by atoms with van der Waals surface area (Å²) in [5.41, 5.74) is 6.00. The minimum Gasteiger partial charge on any atom is -0.256 e. The van der Waals surface area contributed by atoms with Gasteiger partial charge in [-0.2, -0.15) is 8.78 Å². The molecule has 2 aromatic heterocycles. The summed E-state index contributed by atoms with van der Waals surface area (Å²) in [6, 6.07) is 38.5. The number of benzene rings is 4. The fraction of sp³-hybridized carbons (Fsp3) is 0.0571. The minimum atomic E-state index is -3.17. The molecule has 5 heteroatoms. The van der Waals surface area contributed by atoms with Crippen LogP contribution in [-0.4, -0.2) is 15.0 Å². The summed E-state index contributed by atoms with van der Waals surface area (Å²) in [7, 11) is 0. The average molecular weight is 526 g/mol. The van der Waals surface area contributed by atoms with Gasteiger partial charge in [0, 0.05) is 39.6 Å². The molecule has 0 aliphatic rings. The molecule has 0 aliphatic heterocycles. The van der Waals surface area contributed by atoms with Gasteiger partial charge in [0.05, 0.1) is 17.1 Å². The van der Waals surface area contributed by atoms with E-state index in [9.17, 15) is 0 Å². The van der Waals surface area contributed by atoms with Crippen LogP contribution >= 0.6 is 0 Å². The Balaban J connectivity index is 1.37. The molecule has 0 N–H and O–H groups in total. The molecule has 0 fully saturated rings. The Morgan fingerprint density at radius 1 is 0.525 bits per heavy atom. The molecule has 3 nitrogen and oxygen atoms in total. The van der Waals surface area contributed by atoms with E-state index < -0.39 is 5.92 Å². The van der Waals surface area contributed by atoms with Gasteiger partial charge in [-0.05, 0) is 36.8 Å². The van der Waals surface area contributed by atoms with Crippen molar-refractivity contribution in [3.63, 3.8) is 0 Å². The summed E-state index contributed by atoms with van der Waals surface area (Å²) in [6.07, 6.45) is 1.69. The lowest BCUT2D eigenvalue weighted by molar-refractivity contribution is 0.0422. The van der Waals surface area contributed by atoms with E-state index in [1.165, 1.54) is 18.2 Å². The standard InChI is InChI=1S/C35H25F2N3/c1-24-22-28(17-20-30(24)35(36,37)29-18-15-27(16-19-29)31-14-8-9-21-38-31)34-39-32(25-10-4-2-5-11-25)23-33(40-34)26-12-6-3-7-13-26/h2-23H,1H3. The van der Waals surface area contributed by atoms with E-state index in [2.05, 4.69) is 4.98 Å². The van der Waals surface area contributed by atoms with Crippen LogP contribution in [0.1, 0.15) is 16.7 Å². The lowest BCUT2D eigenvalue weighted by Gasteiger charge is -2.20. The zero-order valence-corrected chi connectivity index (χ0v) is 21.8. The second-order valence-corrected chi connectivity index (χ2v) is 9.59. The molecule has 194 valence electrons. The van der Waals surface area contributed by atoms with Crippen molar-refractivity contribution in [1.29, 1.82) is 0 Å². The smallest absolute Gasteiger partial charge is 0.256 e. The van der Waals surface area contributed by atoms with E-state index >= 15 is 8.78 Å².